The van der Waals surface area contributed by atoms with E-state index < -0.39 is 25.1 Å². The van der Waals surface area contributed by atoms with Crippen molar-refractivity contribution in [3.8, 4) is 6.07 Å². The molecule has 0 aliphatic heterocycles. The second-order valence-electron chi connectivity index (χ2n) is 7.54. The molecule has 0 radical (unpaired) electrons. The summed E-state index contributed by atoms with van der Waals surface area (Å²) in [6.45, 7) is -0.0975. The maximum absolute atomic E-state index is 12.2. The number of hydrogen-bond donors (Lipinski definition) is 3. The van der Waals surface area contributed by atoms with E-state index in [-0.39, 0.29) is 30.0 Å². The Morgan fingerprint density at radius 2 is 1.88 bits per heavy atom. The molecule has 3 N–H and O–H groups in total. The number of nitriles is 1. The molecule has 2 amide bonds. The van der Waals surface area contributed by atoms with Gasteiger partial charge in [0.2, 0.25) is 0 Å². The molecule has 1 atom stereocenters. The first-order valence-corrected chi connectivity index (χ1v) is 11.0. The topological polar surface area (TPSA) is 123 Å². The summed E-state index contributed by atoms with van der Waals surface area (Å²) in [6.07, 6.45) is 0.892. The maximum atomic E-state index is 12.2. The minimum absolute atomic E-state index is 0.0946. The molecule has 2 rings (SSSR count). The van der Waals surface area contributed by atoms with Crippen molar-refractivity contribution >= 4 is 48.4 Å². The number of amides is 2. The molecule has 0 aliphatic carbocycles. The molecule has 0 spiro atoms. The van der Waals surface area contributed by atoms with E-state index in [2.05, 4.69) is 5.32 Å². The maximum Gasteiger partial charge on any atom is 0.475 e. The fraction of sp³-hybridized carbons (Fsp3) is 0.261. The van der Waals surface area contributed by atoms with Crippen LogP contribution in [-0.4, -0.2) is 60.7 Å². The first kappa shape index (κ1) is 27.2. The van der Waals surface area contributed by atoms with Crippen LogP contribution < -0.4 is 5.32 Å². The lowest BCUT2D eigenvalue weighted by atomic mass is 9.76. The summed E-state index contributed by atoms with van der Waals surface area (Å²) in [7, 11) is 1.29. The second-order valence-corrected chi connectivity index (χ2v) is 8.32. The largest absolute Gasteiger partial charge is 0.475 e. The monoisotopic (exact) mass is 503 g/mol. The van der Waals surface area contributed by atoms with Gasteiger partial charge in [-0.1, -0.05) is 59.6 Å². The molecular formula is C23H24BCl2N3O5. The molecule has 0 aromatic heterocycles. The number of likely N-dealkylation sites (N-methyl/N-ethyl adjacent to an activating group) is 1. The number of nitrogens with zero attached hydrogens (tertiary/aromatic N) is 2. The quantitative estimate of drug-likeness (QED) is 0.274. The molecule has 2 aromatic rings. The van der Waals surface area contributed by atoms with Gasteiger partial charge in [0, 0.05) is 25.5 Å². The number of benzene rings is 2. The summed E-state index contributed by atoms with van der Waals surface area (Å²) < 4.78 is 5.17. The van der Waals surface area contributed by atoms with Gasteiger partial charge in [-0.25, -0.2) is 4.79 Å². The van der Waals surface area contributed by atoms with Crippen molar-refractivity contribution in [2.75, 3.05) is 20.7 Å². The van der Waals surface area contributed by atoms with E-state index in [0.29, 0.717) is 16.1 Å². The standard InChI is InChI=1S/C23H24BCl2N3O5/c1-29(2)22(30)17(14-27)13-16-8-9-19(25)18(21(16)26)10-11-34-23(31)28-20(24(32)33)12-15-6-4-3-5-7-15/h3-9,13,20,32-33H,10-12H2,1-2H3,(H,28,31)/t20-/m0/s1. The van der Waals surface area contributed by atoms with Gasteiger partial charge < -0.3 is 25.0 Å². The molecule has 0 unspecified atom stereocenters. The SMILES string of the molecule is CN(C)C(=O)C(C#N)=Cc1ccc(Cl)c(CCOC(=O)N[C@@H](Cc2ccccc2)B(O)O)c1Cl. The highest BCUT2D eigenvalue weighted by Crippen LogP contribution is 2.30. The van der Waals surface area contributed by atoms with Gasteiger partial charge in [0.15, 0.2) is 0 Å². The van der Waals surface area contributed by atoms with E-state index in [1.165, 1.54) is 25.1 Å². The zero-order chi connectivity index (χ0) is 25.3. The minimum Gasteiger partial charge on any atom is -0.449 e. The number of halogens is 2. The number of carbonyl (C=O) groups excluding carboxylic acids is 2. The van der Waals surface area contributed by atoms with Crippen molar-refractivity contribution < 1.29 is 24.4 Å². The molecule has 2 aromatic carbocycles. The third-order valence-corrected chi connectivity index (χ3v) is 5.62. The van der Waals surface area contributed by atoms with E-state index in [0.717, 1.165) is 5.56 Å². The van der Waals surface area contributed by atoms with Crippen molar-refractivity contribution in [1.82, 2.24) is 10.2 Å². The number of hydrogen-bond acceptors (Lipinski definition) is 6. The summed E-state index contributed by atoms with van der Waals surface area (Å²) >= 11 is 12.7. The van der Waals surface area contributed by atoms with Crippen molar-refractivity contribution in [3.05, 3.63) is 74.8 Å². The van der Waals surface area contributed by atoms with Gasteiger partial charge in [0.25, 0.3) is 5.91 Å². The number of nitrogens with one attached hydrogen (secondary N) is 1. The van der Waals surface area contributed by atoms with Crippen LogP contribution in [0.2, 0.25) is 10.0 Å². The highest BCUT2D eigenvalue weighted by molar-refractivity contribution is 6.43. The molecule has 34 heavy (non-hydrogen) atoms. The zero-order valence-corrected chi connectivity index (χ0v) is 20.2. The Bertz CT molecular complexity index is 1090. The van der Waals surface area contributed by atoms with Crippen LogP contribution in [0.25, 0.3) is 6.08 Å². The van der Waals surface area contributed by atoms with Crippen LogP contribution in [0, 0.1) is 11.3 Å². The average molecular weight is 504 g/mol. The van der Waals surface area contributed by atoms with Crippen LogP contribution in [0.1, 0.15) is 16.7 Å². The van der Waals surface area contributed by atoms with Gasteiger partial charge in [-0.2, -0.15) is 5.26 Å². The lowest BCUT2D eigenvalue weighted by Gasteiger charge is -2.18. The van der Waals surface area contributed by atoms with Gasteiger partial charge in [-0.3, -0.25) is 4.79 Å². The Morgan fingerprint density at radius 3 is 2.47 bits per heavy atom. The van der Waals surface area contributed by atoms with Gasteiger partial charge in [-0.05, 0) is 35.3 Å². The van der Waals surface area contributed by atoms with Crippen LogP contribution in [0.4, 0.5) is 4.79 Å². The van der Waals surface area contributed by atoms with E-state index >= 15 is 0 Å². The first-order valence-electron chi connectivity index (χ1n) is 10.3. The van der Waals surface area contributed by atoms with Gasteiger partial charge in [0.05, 0.1) is 17.6 Å². The summed E-state index contributed by atoms with van der Waals surface area (Å²) in [5.74, 6) is -1.43. The predicted molar refractivity (Wildman–Crippen MR) is 131 cm³/mol. The number of rotatable bonds is 9. The summed E-state index contributed by atoms with van der Waals surface area (Å²) in [6, 6.07) is 14.1. The average Bonchev–Trinajstić information content (AvgIpc) is 2.80. The van der Waals surface area contributed by atoms with Crippen molar-refractivity contribution in [2.45, 2.75) is 18.8 Å². The van der Waals surface area contributed by atoms with Crippen LogP contribution in [0.3, 0.4) is 0 Å². The molecule has 0 saturated carbocycles. The lowest BCUT2D eigenvalue weighted by Crippen LogP contribution is -2.48. The Kier molecular flexibility index (Phi) is 10.4. The van der Waals surface area contributed by atoms with Gasteiger partial charge >= 0.3 is 13.2 Å². The van der Waals surface area contributed by atoms with E-state index in [4.69, 9.17) is 27.9 Å². The highest BCUT2D eigenvalue weighted by Gasteiger charge is 2.26. The van der Waals surface area contributed by atoms with Gasteiger partial charge in [0.1, 0.15) is 11.6 Å². The molecule has 0 aliphatic rings. The number of ether oxygens (including phenoxy) is 1. The molecule has 8 nitrogen and oxygen atoms in total. The Balaban J connectivity index is 2.05. The predicted octanol–water partition coefficient (Wildman–Crippen LogP) is 2.88. The molecule has 0 saturated heterocycles. The normalized spacial score (nSPS) is 11.9. The highest BCUT2D eigenvalue weighted by atomic mass is 35.5. The molecule has 11 heteroatoms. The van der Waals surface area contributed by atoms with Gasteiger partial charge in [-0.15, -0.1) is 0 Å². The van der Waals surface area contributed by atoms with Crippen LogP contribution in [0.15, 0.2) is 48.0 Å². The number of alkyl carbamates (subject to hydrolysis) is 1. The Hall–Kier alpha value is -3.03. The second kappa shape index (κ2) is 13.0. The first-order chi connectivity index (χ1) is 16.1. The van der Waals surface area contributed by atoms with E-state index in [1.807, 2.05) is 12.1 Å². The third kappa shape index (κ3) is 7.78. The molecule has 0 heterocycles. The van der Waals surface area contributed by atoms with Crippen LogP contribution in [0.5, 0.6) is 0 Å². The lowest BCUT2D eigenvalue weighted by molar-refractivity contribution is -0.124. The van der Waals surface area contributed by atoms with E-state index in [9.17, 15) is 24.9 Å². The molecular weight excluding hydrogens is 480 g/mol. The summed E-state index contributed by atoms with van der Waals surface area (Å²) in [4.78, 5) is 25.6. The fourth-order valence-corrected chi connectivity index (χ4v) is 3.65. The Labute approximate surface area is 208 Å². The third-order valence-electron chi connectivity index (χ3n) is 4.82. The van der Waals surface area contributed by atoms with Crippen molar-refractivity contribution in [3.63, 3.8) is 0 Å². The smallest absolute Gasteiger partial charge is 0.449 e. The fourth-order valence-electron chi connectivity index (χ4n) is 3.03. The van der Waals surface area contributed by atoms with Crippen LogP contribution >= 0.6 is 23.2 Å². The summed E-state index contributed by atoms with van der Waals surface area (Å²) in [5, 5.41) is 31.5. The van der Waals surface area contributed by atoms with Crippen molar-refractivity contribution in [2.24, 2.45) is 0 Å². The van der Waals surface area contributed by atoms with E-state index in [1.54, 1.807) is 36.4 Å². The van der Waals surface area contributed by atoms with Crippen molar-refractivity contribution in [1.29, 1.82) is 5.26 Å². The van der Waals surface area contributed by atoms with Crippen LogP contribution in [-0.2, 0) is 22.4 Å². The zero-order valence-electron chi connectivity index (χ0n) is 18.7. The Morgan fingerprint density at radius 1 is 1.21 bits per heavy atom. The molecule has 0 bridgehead atoms. The molecule has 0 fully saturated rings. The summed E-state index contributed by atoms with van der Waals surface area (Å²) in [5.41, 5.74) is 1.61. The minimum atomic E-state index is -1.78. The molecule has 178 valence electrons. The number of carbonyl (C=O) groups is 2.